The van der Waals surface area contributed by atoms with E-state index < -0.39 is 24.3 Å². The van der Waals surface area contributed by atoms with Crippen molar-refractivity contribution in [1.82, 2.24) is 14.8 Å². The van der Waals surface area contributed by atoms with E-state index >= 15 is 0 Å². The number of alkyl halides is 5. The van der Waals surface area contributed by atoms with Crippen molar-refractivity contribution in [3.63, 3.8) is 0 Å². The van der Waals surface area contributed by atoms with Gasteiger partial charge in [0, 0.05) is 6.20 Å². The number of aromatic nitrogens is 3. The Morgan fingerprint density at radius 3 is 2.48 bits per heavy atom. The highest BCUT2D eigenvalue weighted by molar-refractivity contribution is 6.06. The molecule has 1 amide bonds. The summed E-state index contributed by atoms with van der Waals surface area (Å²) >= 11 is 0. The smallest absolute Gasteiger partial charge is 0.417 e. The molecular formula is C17H12F5N5O2. The first-order chi connectivity index (χ1) is 13.7. The number of carbonyl (C=O) groups is 1. The number of nitrogens with one attached hydrogen (secondary N) is 1. The molecule has 3 aromatic rings. The molecule has 12 heteroatoms. The zero-order chi connectivity index (χ0) is 21.2. The minimum absolute atomic E-state index is 0.0667. The molecule has 0 aliphatic carbocycles. The lowest BCUT2D eigenvalue weighted by Crippen LogP contribution is -2.15. The fourth-order valence-electron chi connectivity index (χ4n) is 2.37. The molecule has 0 aliphatic heterocycles. The number of benzene rings is 1. The number of anilines is 2. The van der Waals surface area contributed by atoms with Crippen molar-refractivity contribution in [2.45, 2.75) is 12.8 Å². The molecule has 7 nitrogen and oxygen atoms in total. The van der Waals surface area contributed by atoms with Gasteiger partial charge in [0.2, 0.25) is 0 Å². The van der Waals surface area contributed by atoms with Gasteiger partial charge < -0.3 is 15.8 Å². The van der Waals surface area contributed by atoms with Gasteiger partial charge in [0.1, 0.15) is 22.9 Å². The lowest BCUT2D eigenvalue weighted by Gasteiger charge is -2.12. The first kappa shape index (κ1) is 20.0. The maximum absolute atomic E-state index is 12.6. The molecule has 0 radical (unpaired) electrons. The first-order valence-corrected chi connectivity index (χ1v) is 7.89. The molecule has 0 unspecified atom stereocenters. The van der Waals surface area contributed by atoms with E-state index in [1.54, 1.807) is 0 Å². The minimum Gasteiger partial charge on any atom is -0.433 e. The van der Waals surface area contributed by atoms with E-state index in [1.807, 2.05) is 0 Å². The standard InChI is InChI=1S/C17H12F5N5O2/c18-16(19)29-12-4-2-1-3-11(12)27-14(23)10(8-25-27)15(28)26-13-6-5-9(7-24-13)17(20,21)22/h1-8,16H,23H2,(H,24,26,28). The van der Waals surface area contributed by atoms with Crippen LogP contribution in [0.5, 0.6) is 5.75 Å². The highest BCUT2D eigenvalue weighted by atomic mass is 19.4. The van der Waals surface area contributed by atoms with Crippen LogP contribution in [-0.2, 0) is 6.18 Å². The predicted molar refractivity (Wildman–Crippen MR) is 91.8 cm³/mol. The van der Waals surface area contributed by atoms with Crippen molar-refractivity contribution in [3.8, 4) is 11.4 Å². The monoisotopic (exact) mass is 413 g/mol. The van der Waals surface area contributed by atoms with Gasteiger partial charge in [-0.1, -0.05) is 12.1 Å². The molecule has 0 aliphatic rings. The first-order valence-electron chi connectivity index (χ1n) is 7.89. The molecular weight excluding hydrogens is 401 g/mol. The summed E-state index contributed by atoms with van der Waals surface area (Å²) in [5.41, 5.74) is 4.85. The van der Waals surface area contributed by atoms with Crippen LogP contribution in [0.3, 0.4) is 0 Å². The van der Waals surface area contributed by atoms with Crippen molar-refractivity contribution < 1.29 is 31.5 Å². The Bertz CT molecular complexity index is 1020. The van der Waals surface area contributed by atoms with Crippen LogP contribution in [0.25, 0.3) is 5.69 Å². The van der Waals surface area contributed by atoms with Gasteiger partial charge in [-0.25, -0.2) is 9.67 Å². The summed E-state index contributed by atoms with van der Waals surface area (Å²) in [4.78, 5) is 15.9. The molecule has 29 heavy (non-hydrogen) atoms. The normalized spacial score (nSPS) is 11.5. The van der Waals surface area contributed by atoms with Crippen LogP contribution < -0.4 is 15.8 Å². The quantitative estimate of drug-likeness (QED) is 0.622. The topological polar surface area (TPSA) is 95.1 Å². The number of hydrogen-bond donors (Lipinski definition) is 2. The van der Waals surface area contributed by atoms with E-state index in [1.165, 1.54) is 24.3 Å². The highest BCUT2D eigenvalue weighted by Crippen LogP contribution is 2.29. The Kier molecular flexibility index (Phi) is 5.35. The number of carbonyl (C=O) groups excluding carboxylic acids is 1. The van der Waals surface area contributed by atoms with Gasteiger partial charge in [-0.05, 0) is 24.3 Å². The number of para-hydroxylation sites is 2. The Hall–Kier alpha value is -3.70. The van der Waals surface area contributed by atoms with Crippen LogP contribution in [0.15, 0.2) is 48.8 Å². The van der Waals surface area contributed by atoms with Crippen LogP contribution in [0.4, 0.5) is 33.6 Å². The van der Waals surface area contributed by atoms with E-state index in [9.17, 15) is 26.7 Å². The van der Waals surface area contributed by atoms with E-state index in [0.29, 0.717) is 6.20 Å². The molecule has 3 rings (SSSR count). The van der Waals surface area contributed by atoms with E-state index in [4.69, 9.17) is 5.73 Å². The Morgan fingerprint density at radius 1 is 1.14 bits per heavy atom. The predicted octanol–water partition coefficient (Wildman–Crippen LogP) is 3.72. The molecule has 1 aromatic carbocycles. The van der Waals surface area contributed by atoms with Crippen LogP contribution in [0, 0.1) is 0 Å². The fourth-order valence-corrected chi connectivity index (χ4v) is 2.37. The average Bonchev–Trinajstić information content (AvgIpc) is 3.03. The number of ether oxygens (including phenoxy) is 1. The van der Waals surface area contributed by atoms with Crippen molar-refractivity contribution >= 4 is 17.5 Å². The van der Waals surface area contributed by atoms with Crippen molar-refractivity contribution in [2.75, 3.05) is 11.1 Å². The van der Waals surface area contributed by atoms with Gasteiger partial charge in [-0.15, -0.1) is 0 Å². The summed E-state index contributed by atoms with van der Waals surface area (Å²) in [6, 6.07) is 7.40. The summed E-state index contributed by atoms with van der Waals surface area (Å²) in [6.07, 6.45) is -2.91. The number of rotatable bonds is 5. The zero-order valence-electron chi connectivity index (χ0n) is 14.3. The largest absolute Gasteiger partial charge is 0.433 e. The molecule has 0 saturated carbocycles. The van der Waals surface area contributed by atoms with Crippen molar-refractivity contribution in [1.29, 1.82) is 0 Å². The number of amides is 1. The molecule has 2 heterocycles. The summed E-state index contributed by atoms with van der Waals surface area (Å²) in [7, 11) is 0. The SMILES string of the molecule is Nc1c(C(=O)Nc2ccc(C(F)(F)F)cn2)cnn1-c1ccccc1OC(F)F. The third-order valence-electron chi connectivity index (χ3n) is 3.69. The van der Waals surface area contributed by atoms with Gasteiger partial charge in [-0.3, -0.25) is 4.79 Å². The van der Waals surface area contributed by atoms with E-state index in [0.717, 1.165) is 23.0 Å². The summed E-state index contributed by atoms with van der Waals surface area (Å²) in [5.74, 6) is -1.35. The molecule has 0 fully saturated rings. The van der Waals surface area contributed by atoms with Gasteiger partial charge in [0.15, 0.2) is 5.75 Å². The number of nitrogens with zero attached hydrogens (tertiary/aromatic N) is 3. The van der Waals surface area contributed by atoms with Gasteiger partial charge >= 0.3 is 12.8 Å². The van der Waals surface area contributed by atoms with Crippen LogP contribution in [-0.4, -0.2) is 27.3 Å². The summed E-state index contributed by atoms with van der Waals surface area (Å²) in [6.45, 7) is -3.08. The third kappa shape index (κ3) is 4.42. The fraction of sp³-hybridized carbons (Fsp3) is 0.118. The van der Waals surface area contributed by atoms with E-state index in [2.05, 4.69) is 20.1 Å². The number of nitrogens with two attached hydrogens (primary N) is 1. The Morgan fingerprint density at radius 2 is 1.86 bits per heavy atom. The second kappa shape index (κ2) is 7.73. The van der Waals surface area contributed by atoms with Crippen LogP contribution in [0.2, 0.25) is 0 Å². The Balaban J connectivity index is 1.83. The molecule has 0 bridgehead atoms. The summed E-state index contributed by atoms with van der Waals surface area (Å²) < 4.78 is 68.3. The minimum atomic E-state index is -4.56. The molecule has 0 spiro atoms. The van der Waals surface area contributed by atoms with Crippen molar-refractivity contribution in [2.24, 2.45) is 0 Å². The summed E-state index contributed by atoms with van der Waals surface area (Å²) in [5, 5.41) is 6.19. The average molecular weight is 413 g/mol. The molecule has 2 aromatic heterocycles. The lowest BCUT2D eigenvalue weighted by molar-refractivity contribution is -0.137. The number of halogens is 5. The molecule has 152 valence electrons. The van der Waals surface area contributed by atoms with Gasteiger partial charge in [-0.2, -0.15) is 27.1 Å². The van der Waals surface area contributed by atoms with Gasteiger partial charge in [0.25, 0.3) is 5.91 Å². The van der Waals surface area contributed by atoms with E-state index in [-0.39, 0.29) is 28.6 Å². The van der Waals surface area contributed by atoms with Gasteiger partial charge in [0.05, 0.1) is 11.8 Å². The number of hydrogen-bond acceptors (Lipinski definition) is 5. The third-order valence-corrected chi connectivity index (χ3v) is 3.69. The maximum Gasteiger partial charge on any atom is 0.417 e. The number of nitrogen functional groups attached to an aromatic ring is 1. The molecule has 0 saturated heterocycles. The van der Waals surface area contributed by atoms with Crippen molar-refractivity contribution in [3.05, 3.63) is 59.9 Å². The lowest BCUT2D eigenvalue weighted by atomic mass is 10.2. The molecule has 3 N–H and O–H groups in total. The second-order valence-electron chi connectivity index (χ2n) is 5.59. The molecule has 0 atom stereocenters. The Labute approximate surface area is 159 Å². The second-order valence-corrected chi connectivity index (χ2v) is 5.59. The number of pyridine rings is 1. The van der Waals surface area contributed by atoms with Crippen LogP contribution >= 0.6 is 0 Å². The zero-order valence-corrected chi connectivity index (χ0v) is 14.3. The van der Waals surface area contributed by atoms with Crippen LogP contribution in [0.1, 0.15) is 15.9 Å². The maximum atomic E-state index is 12.6. The highest BCUT2D eigenvalue weighted by Gasteiger charge is 2.30.